The van der Waals surface area contributed by atoms with Gasteiger partial charge in [-0.2, -0.15) is 11.8 Å². The Morgan fingerprint density at radius 1 is 1.29 bits per heavy atom. The van der Waals surface area contributed by atoms with E-state index in [-0.39, 0.29) is 0 Å². The fraction of sp³-hybridized carbons (Fsp3) is 0.538. The molecule has 0 aromatic heterocycles. The van der Waals surface area contributed by atoms with Crippen LogP contribution in [0.4, 0.5) is 11.4 Å². The Morgan fingerprint density at radius 3 is 2.59 bits per heavy atom. The standard InChI is InChI=1S/C13H19IN2S/c1-17-11-5-3-10(4-6-11)16-13-7-2-9(14)8-12(13)15/h2,7-8,10-11,16H,3-6,15H2,1H3. The third-order valence-electron chi connectivity index (χ3n) is 3.38. The highest BCUT2D eigenvalue weighted by Gasteiger charge is 2.20. The van der Waals surface area contributed by atoms with E-state index < -0.39 is 0 Å². The van der Waals surface area contributed by atoms with Gasteiger partial charge in [0.25, 0.3) is 0 Å². The van der Waals surface area contributed by atoms with Crippen LogP contribution in [0.2, 0.25) is 0 Å². The van der Waals surface area contributed by atoms with Gasteiger partial charge in [-0.3, -0.25) is 0 Å². The molecular weight excluding hydrogens is 343 g/mol. The quantitative estimate of drug-likeness (QED) is 0.632. The van der Waals surface area contributed by atoms with Gasteiger partial charge in [-0.15, -0.1) is 0 Å². The van der Waals surface area contributed by atoms with Crippen LogP contribution >= 0.6 is 34.4 Å². The highest BCUT2D eigenvalue weighted by Crippen LogP contribution is 2.30. The maximum absolute atomic E-state index is 6.02. The summed E-state index contributed by atoms with van der Waals surface area (Å²) in [6.07, 6.45) is 7.38. The predicted octanol–water partition coefficient (Wildman–Crippen LogP) is 3.96. The van der Waals surface area contributed by atoms with Gasteiger partial charge >= 0.3 is 0 Å². The van der Waals surface area contributed by atoms with Crippen LogP contribution in [-0.2, 0) is 0 Å². The largest absolute Gasteiger partial charge is 0.397 e. The van der Waals surface area contributed by atoms with Crippen LogP contribution in [0.15, 0.2) is 18.2 Å². The number of rotatable bonds is 3. The Balaban J connectivity index is 1.93. The minimum atomic E-state index is 0.598. The van der Waals surface area contributed by atoms with E-state index in [0.29, 0.717) is 6.04 Å². The maximum Gasteiger partial charge on any atom is 0.0576 e. The second kappa shape index (κ2) is 6.18. The lowest BCUT2D eigenvalue weighted by Crippen LogP contribution is -2.27. The minimum Gasteiger partial charge on any atom is -0.397 e. The first-order valence-electron chi connectivity index (χ1n) is 6.03. The van der Waals surface area contributed by atoms with Gasteiger partial charge in [0.2, 0.25) is 0 Å². The number of nitrogen functional groups attached to an aromatic ring is 1. The summed E-state index contributed by atoms with van der Waals surface area (Å²) in [5.41, 5.74) is 7.98. The molecule has 0 spiro atoms. The normalized spacial score (nSPS) is 24.6. The zero-order valence-electron chi connectivity index (χ0n) is 10.1. The molecule has 0 heterocycles. The molecule has 1 aliphatic carbocycles. The molecule has 0 radical (unpaired) electrons. The number of hydrogen-bond acceptors (Lipinski definition) is 3. The fourth-order valence-electron chi connectivity index (χ4n) is 2.33. The molecule has 17 heavy (non-hydrogen) atoms. The van der Waals surface area contributed by atoms with Crippen molar-refractivity contribution in [2.75, 3.05) is 17.3 Å². The van der Waals surface area contributed by atoms with Crippen LogP contribution < -0.4 is 11.1 Å². The lowest BCUT2D eigenvalue weighted by atomic mass is 9.94. The molecule has 1 fully saturated rings. The van der Waals surface area contributed by atoms with Crippen molar-refractivity contribution in [1.29, 1.82) is 0 Å². The molecular formula is C13H19IN2S. The van der Waals surface area contributed by atoms with Gasteiger partial charge in [0.1, 0.15) is 0 Å². The van der Waals surface area contributed by atoms with E-state index in [0.717, 1.165) is 16.6 Å². The van der Waals surface area contributed by atoms with Crippen LogP contribution in [0.25, 0.3) is 0 Å². The third kappa shape index (κ3) is 3.68. The molecule has 94 valence electrons. The van der Waals surface area contributed by atoms with Crippen LogP contribution in [0.5, 0.6) is 0 Å². The van der Waals surface area contributed by atoms with Gasteiger partial charge in [-0.1, -0.05) is 0 Å². The summed E-state index contributed by atoms with van der Waals surface area (Å²) in [5.74, 6) is 0. The van der Waals surface area contributed by atoms with Crippen molar-refractivity contribution < 1.29 is 0 Å². The first-order valence-corrected chi connectivity index (χ1v) is 8.40. The second-order valence-electron chi connectivity index (χ2n) is 4.59. The molecule has 1 aliphatic rings. The zero-order chi connectivity index (χ0) is 12.3. The number of hydrogen-bond donors (Lipinski definition) is 2. The number of benzene rings is 1. The van der Waals surface area contributed by atoms with E-state index in [1.165, 1.54) is 29.3 Å². The van der Waals surface area contributed by atoms with Crippen molar-refractivity contribution in [2.24, 2.45) is 0 Å². The molecule has 0 bridgehead atoms. The zero-order valence-corrected chi connectivity index (χ0v) is 13.1. The van der Waals surface area contributed by atoms with Crippen molar-refractivity contribution in [2.45, 2.75) is 37.0 Å². The number of thioether (sulfide) groups is 1. The fourth-order valence-corrected chi connectivity index (χ4v) is 3.59. The topological polar surface area (TPSA) is 38.0 Å². The summed E-state index contributed by atoms with van der Waals surface area (Å²) in [7, 11) is 0. The van der Waals surface area contributed by atoms with Crippen LogP contribution in [0.1, 0.15) is 25.7 Å². The van der Waals surface area contributed by atoms with Gasteiger partial charge in [0, 0.05) is 14.9 Å². The van der Waals surface area contributed by atoms with Crippen LogP contribution in [-0.4, -0.2) is 17.5 Å². The highest BCUT2D eigenvalue weighted by molar-refractivity contribution is 14.1. The van der Waals surface area contributed by atoms with Gasteiger partial charge < -0.3 is 11.1 Å². The van der Waals surface area contributed by atoms with Crippen molar-refractivity contribution >= 4 is 45.7 Å². The average Bonchev–Trinajstić information content (AvgIpc) is 2.34. The molecule has 0 unspecified atom stereocenters. The summed E-state index contributed by atoms with van der Waals surface area (Å²) in [5, 5.41) is 4.45. The summed E-state index contributed by atoms with van der Waals surface area (Å²) < 4.78 is 1.19. The minimum absolute atomic E-state index is 0.598. The Morgan fingerprint density at radius 2 is 2.00 bits per heavy atom. The van der Waals surface area contributed by atoms with E-state index in [1.54, 1.807) is 0 Å². The van der Waals surface area contributed by atoms with Gasteiger partial charge in [-0.25, -0.2) is 0 Å². The summed E-state index contributed by atoms with van der Waals surface area (Å²) in [6.45, 7) is 0. The lowest BCUT2D eigenvalue weighted by molar-refractivity contribution is 0.473. The van der Waals surface area contributed by atoms with Crippen molar-refractivity contribution in [3.05, 3.63) is 21.8 Å². The van der Waals surface area contributed by atoms with Crippen molar-refractivity contribution in [1.82, 2.24) is 0 Å². The monoisotopic (exact) mass is 362 g/mol. The number of anilines is 2. The molecule has 0 amide bonds. The van der Waals surface area contributed by atoms with E-state index >= 15 is 0 Å². The molecule has 0 saturated heterocycles. The van der Waals surface area contributed by atoms with Crippen LogP contribution in [0, 0.1) is 3.57 Å². The van der Waals surface area contributed by atoms with Gasteiger partial charge in [-0.05, 0) is 72.7 Å². The third-order valence-corrected chi connectivity index (χ3v) is 5.19. The first-order chi connectivity index (χ1) is 8.19. The second-order valence-corrected chi connectivity index (χ2v) is 6.97. The summed E-state index contributed by atoms with van der Waals surface area (Å²) in [6, 6.07) is 6.82. The number of nitrogens with two attached hydrogens (primary N) is 1. The summed E-state index contributed by atoms with van der Waals surface area (Å²) in [4.78, 5) is 0. The predicted molar refractivity (Wildman–Crippen MR) is 86.8 cm³/mol. The molecule has 0 aliphatic heterocycles. The maximum atomic E-state index is 6.02. The molecule has 2 nitrogen and oxygen atoms in total. The van der Waals surface area contributed by atoms with Crippen molar-refractivity contribution in [3.8, 4) is 0 Å². The van der Waals surface area contributed by atoms with E-state index in [4.69, 9.17) is 5.73 Å². The number of nitrogens with one attached hydrogen (secondary N) is 1. The average molecular weight is 362 g/mol. The van der Waals surface area contributed by atoms with Crippen LogP contribution in [0.3, 0.4) is 0 Å². The molecule has 2 rings (SSSR count). The van der Waals surface area contributed by atoms with E-state index in [1.807, 2.05) is 17.8 Å². The Labute approximate surface area is 121 Å². The van der Waals surface area contributed by atoms with E-state index in [9.17, 15) is 0 Å². The molecule has 1 aromatic carbocycles. The number of halogens is 1. The summed E-state index contributed by atoms with van der Waals surface area (Å²) >= 11 is 4.30. The smallest absolute Gasteiger partial charge is 0.0576 e. The van der Waals surface area contributed by atoms with Gasteiger partial charge in [0.05, 0.1) is 11.4 Å². The Kier molecular flexibility index (Phi) is 4.85. The van der Waals surface area contributed by atoms with Gasteiger partial charge in [0.15, 0.2) is 0 Å². The highest BCUT2D eigenvalue weighted by atomic mass is 127. The molecule has 0 atom stereocenters. The molecule has 4 heteroatoms. The first kappa shape index (κ1) is 13.3. The van der Waals surface area contributed by atoms with Crippen molar-refractivity contribution in [3.63, 3.8) is 0 Å². The Bertz CT molecular complexity index is 376. The molecule has 1 saturated carbocycles. The Hall–Kier alpha value is -0.100. The SMILES string of the molecule is CSC1CCC(Nc2ccc(I)cc2N)CC1. The molecule has 1 aromatic rings. The van der Waals surface area contributed by atoms with E-state index in [2.05, 4.69) is 46.3 Å². The lowest BCUT2D eigenvalue weighted by Gasteiger charge is -2.29. The molecule has 3 N–H and O–H groups in total.